The van der Waals surface area contributed by atoms with Gasteiger partial charge in [0.15, 0.2) is 17.0 Å². The van der Waals surface area contributed by atoms with E-state index in [0.717, 1.165) is 22.3 Å². The molecule has 0 bridgehead atoms. The Morgan fingerprint density at radius 1 is 1.00 bits per heavy atom. The van der Waals surface area contributed by atoms with Crippen LogP contribution in [-0.2, 0) is 28.6 Å². The molecule has 3 heterocycles. The lowest BCUT2D eigenvalue weighted by Gasteiger charge is -2.19. The number of ketones is 1. The van der Waals surface area contributed by atoms with E-state index in [4.69, 9.17) is 14.2 Å². The average molecular weight is 641 g/mol. The van der Waals surface area contributed by atoms with Crippen molar-refractivity contribution in [2.24, 2.45) is 0 Å². The molecule has 6 rings (SSSR count). The van der Waals surface area contributed by atoms with Gasteiger partial charge in [-0.3, -0.25) is 14.2 Å². The maximum absolute atomic E-state index is 13.0. The Morgan fingerprint density at radius 3 is 2.38 bits per heavy atom. The molecule has 2 aliphatic rings. The third kappa shape index (κ3) is 6.70. The minimum atomic E-state index is -0.625. The van der Waals surface area contributed by atoms with E-state index in [1.54, 1.807) is 4.57 Å². The summed E-state index contributed by atoms with van der Waals surface area (Å²) in [5.41, 5.74) is 5.22. The number of nitrogens with zero attached hydrogens (tertiary/aromatic N) is 5. The predicted octanol–water partition coefficient (Wildman–Crippen LogP) is 4.62. The molecule has 13 heteroatoms. The summed E-state index contributed by atoms with van der Waals surface area (Å²) in [6, 6.07) is 16.1. The van der Waals surface area contributed by atoms with Gasteiger partial charge in [0.2, 0.25) is 5.91 Å². The van der Waals surface area contributed by atoms with Crippen LogP contribution in [-0.4, -0.2) is 80.6 Å². The van der Waals surface area contributed by atoms with Crippen LogP contribution < -0.4 is 5.32 Å². The number of aromatic nitrogens is 4. The van der Waals surface area contributed by atoms with Gasteiger partial charge in [-0.2, -0.15) is 0 Å². The first-order valence-corrected chi connectivity index (χ1v) is 15.6. The molecule has 0 unspecified atom stereocenters. The molecule has 0 spiro atoms. The SMILES string of the molecule is CC[C@H]1O[C@@H](n2cnc3c(NC(=O)CN(C)C(=O)OCC4c5ccccc5-c5ccccc54)ncnc32)C[C@H]1OC(=O)CCC(C)=O. The van der Waals surface area contributed by atoms with Gasteiger partial charge in [0.25, 0.3) is 0 Å². The molecular formula is C34H36N6O7. The zero-order valence-corrected chi connectivity index (χ0v) is 26.4. The second-order valence-corrected chi connectivity index (χ2v) is 11.8. The molecule has 1 N–H and O–H groups in total. The molecule has 1 fully saturated rings. The Hall–Kier alpha value is -5.17. The normalized spacial score (nSPS) is 18.4. The van der Waals surface area contributed by atoms with E-state index in [1.165, 1.54) is 31.5 Å². The third-order valence-electron chi connectivity index (χ3n) is 8.50. The second kappa shape index (κ2) is 13.7. The van der Waals surface area contributed by atoms with Crippen LogP contribution in [0, 0.1) is 0 Å². The summed E-state index contributed by atoms with van der Waals surface area (Å²) in [6.45, 7) is 3.24. The van der Waals surface area contributed by atoms with E-state index in [-0.39, 0.29) is 49.6 Å². The number of imidazole rings is 1. The van der Waals surface area contributed by atoms with Crippen molar-refractivity contribution in [1.29, 1.82) is 0 Å². The van der Waals surface area contributed by atoms with Crippen molar-refractivity contribution in [2.75, 3.05) is 25.5 Å². The molecule has 0 radical (unpaired) electrons. The Labute approximate surface area is 271 Å². The summed E-state index contributed by atoms with van der Waals surface area (Å²) in [7, 11) is 1.49. The maximum Gasteiger partial charge on any atom is 0.409 e. The lowest BCUT2D eigenvalue weighted by Crippen LogP contribution is -2.36. The molecule has 4 aromatic rings. The highest BCUT2D eigenvalue weighted by Gasteiger charge is 2.38. The zero-order valence-electron chi connectivity index (χ0n) is 26.4. The summed E-state index contributed by atoms with van der Waals surface area (Å²) in [5, 5.41) is 2.72. The number of hydrogen-bond donors (Lipinski definition) is 1. The lowest BCUT2D eigenvalue weighted by molar-refractivity contribution is -0.152. The van der Waals surface area contributed by atoms with Gasteiger partial charge in [0.05, 0.1) is 18.9 Å². The first kappa shape index (κ1) is 31.8. The third-order valence-corrected chi connectivity index (χ3v) is 8.50. The molecule has 2 amide bonds. The first-order valence-electron chi connectivity index (χ1n) is 15.6. The molecule has 2 aromatic heterocycles. The Balaban J connectivity index is 1.06. The van der Waals surface area contributed by atoms with Gasteiger partial charge in [-0.25, -0.2) is 19.7 Å². The molecular weight excluding hydrogens is 604 g/mol. The van der Waals surface area contributed by atoms with Crippen molar-refractivity contribution in [3.63, 3.8) is 0 Å². The molecule has 47 heavy (non-hydrogen) atoms. The lowest BCUT2D eigenvalue weighted by atomic mass is 9.98. The molecule has 2 aromatic carbocycles. The van der Waals surface area contributed by atoms with Crippen LogP contribution in [0.3, 0.4) is 0 Å². The maximum atomic E-state index is 13.0. The van der Waals surface area contributed by atoms with Crippen molar-refractivity contribution >= 4 is 40.7 Å². The number of rotatable bonds is 11. The molecule has 1 aliphatic heterocycles. The molecule has 244 valence electrons. The molecule has 13 nitrogen and oxygen atoms in total. The largest absolute Gasteiger partial charge is 0.459 e. The minimum Gasteiger partial charge on any atom is -0.459 e. The summed E-state index contributed by atoms with van der Waals surface area (Å²) in [4.78, 5) is 63.6. The van der Waals surface area contributed by atoms with Crippen molar-refractivity contribution in [2.45, 2.75) is 63.9 Å². The second-order valence-electron chi connectivity index (χ2n) is 11.8. The van der Waals surface area contributed by atoms with Crippen molar-refractivity contribution < 1.29 is 33.4 Å². The standard InChI is InChI=1S/C34H36N6O7/c1-4-26-27(47-30(43)14-13-20(2)41)15-29(46-26)40-19-37-31-32(35-18-36-33(31)40)38-28(42)16-39(3)34(44)45-17-25-23-11-7-5-9-21(23)22-10-6-8-12-24(22)25/h5-12,18-19,25-27,29H,4,13-17H2,1-3H3,(H,35,36,38,42)/t26-,27-,29-/m1/s1. The van der Waals surface area contributed by atoms with Crippen LogP contribution in [0.25, 0.3) is 22.3 Å². The van der Waals surface area contributed by atoms with Gasteiger partial charge < -0.3 is 29.2 Å². The summed E-state index contributed by atoms with van der Waals surface area (Å²) < 4.78 is 19.2. The van der Waals surface area contributed by atoms with Gasteiger partial charge in [-0.05, 0) is 35.6 Å². The van der Waals surface area contributed by atoms with Gasteiger partial charge in [-0.1, -0.05) is 55.5 Å². The Kier molecular flexibility index (Phi) is 9.25. The van der Waals surface area contributed by atoms with Gasteiger partial charge in [0.1, 0.15) is 37.6 Å². The topological polar surface area (TPSA) is 155 Å². The van der Waals surface area contributed by atoms with Gasteiger partial charge in [-0.15, -0.1) is 0 Å². The van der Waals surface area contributed by atoms with E-state index >= 15 is 0 Å². The fourth-order valence-electron chi connectivity index (χ4n) is 6.17. The molecule has 1 aliphatic carbocycles. The summed E-state index contributed by atoms with van der Waals surface area (Å²) >= 11 is 0. The van der Waals surface area contributed by atoms with Crippen molar-refractivity contribution in [3.05, 3.63) is 72.3 Å². The number of carbonyl (C=O) groups is 4. The summed E-state index contributed by atoms with van der Waals surface area (Å²) in [5.74, 6) is -0.929. The number of ether oxygens (including phenoxy) is 3. The molecule has 3 atom stereocenters. The van der Waals surface area contributed by atoms with E-state index in [1.807, 2.05) is 43.3 Å². The number of benzene rings is 2. The van der Waals surface area contributed by atoms with Crippen LogP contribution in [0.4, 0.5) is 10.6 Å². The highest BCUT2D eigenvalue weighted by atomic mass is 16.6. The Bertz CT molecular complexity index is 1780. The fraction of sp³-hybridized carbons (Fsp3) is 0.382. The van der Waals surface area contributed by atoms with Gasteiger partial charge >= 0.3 is 12.1 Å². The summed E-state index contributed by atoms with van der Waals surface area (Å²) in [6.07, 6.45) is 2.00. The van der Waals surface area contributed by atoms with E-state index in [9.17, 15) is 19.2 Å². The number of esters is 1. The first-order chi connectivity index (χ1) is 22.7. The van der Waals surface area contributed by atoms with Crippen molar-refractivity contribution in [3.8, 4) is 11.1 Å². The van der Waals surface area contributed by atoms with Crippen LogP contribution in [0.2, 0.25) is 0 Å². The number of fused-ring (bicyclic) bond motifs is 4. The number of Topliss-reactive ketones (excluding diaryl/α,β-unsaturated/α-hetero) is 1. The molecule has 1 saturated heterocycles. The molecule has 0 saturated carbocycles. The number of carbonyl (C=O) groups excluding carboxylic acids is 4. The van der Waals surface area contributed by atoms with E-state index in [2.05, 4.69) is 32.4 Å². The number of hydrogen-bond acceptors (Lipinski definition) is 10. The highest BCUT2D eigenvalue weighted by molar-refractivity contribution is 5.98. The number of amides is 2. The average Bonchev–Trinajstić information content (AvgIpc) is 3.76. The minimum absolute atomic E-state index is 0.0215. The monoisotopic (exact) mass is 640 g/mol. The quantitative estimate of drug-likeness (QED) is 0.230. The van der Waals surface area contributed by atoms with Crippen molar-refractivity contribution in [1.82, 2.24) is 24.4 Å². The van der Waals surface area contributed by atoms with Crippen LogP contribution in [0.1, 0.15) is 62.8 Å². The fourth-order valence-corrected chi connectivity index (χ4v) is 6.17. The van der Waals surface area contributed by atoms with Crippen LogP contribution >= 0.6 is 0 Å². The van der Waals surface area contributed by atoms with Crippen LogP contribution in [0.5, 0.6) is 0 Å². The van der Waals surface area contributed by atoms with E-state index < -0.39 is 30.3 Å². The Morgan fingerprint density at radius 2 is 1.70 bits per heavy atom. The van der Waals surface area contributed by atoms with Gasteiger partial charge in [0, 0.05) is 25.8 Å². The highest BCUT2D eigenvalue weighted by Crippen LogP contribution is 2.44. The van der Waals surface area contributed by atoms with E-state index in [0.29, 0.717) is 24.0 Å². The zero-order chi connectivity index (χ0) is 33.1. The smallest absolute Gasteiger partial charge is 0.409 e. The number of likely N-dealkylation sites (N-methyl/N-ethyl adjacent to an activating group) is 1. The number of nitrogens with one attached hydrogen (secondary N) is 1. The number of anilines is 1. The predicted molar refractivity (Wildman–Crippen MR) is 170 cm³/mol. The van der Waals surface area contributed by atoms with Crippen LogP contribution in [0.15, 0.2) is 61.2 Å².